The molecule has 23 heavy (non-hydrogen) atoms. The van der Waals surface area contributed by atoms with E-state index < -0.39 is 0 Å². The Bertz CT molecular complexity index is 592. The first-order valence-corrected chi connectivity index (χ1v) is 9.01. The molecule has 0 saturated carbocycles. The molecule has 1 aliphatic heterocycles. The highest BCUT2D eigenvalue weighted by molar-refractivity contribution is 7.09. The van der Waals surface area contributed by atoms with Crippen molar-refractivity contribution >= 4 is 17.4 Å². The van der Waals surface area contributed by atoms with Crippen molar-refractivity contribution in [1.29, 1.82) is 0 Å². The van der Waals surface area contributed by atoms with E-state index in [4.69, 9.17) is 0 Å². The molecule has 3 rings (SSSR count). The Labute approximate surface area is 141 Å². The molecule has 122 valence electrons. The van der Waals surface area contributed by atoms with Crippen molar-refractivity contribution in [3.05, 3.63) is 58.3 Å². The Balaban J connectivity index is 1.37. The zero-order valence-electron chi connectivity index (χ0n) is 13.3. The Morgan fingerprint density at radius 3 is 2.52 bits per heavy atom. The molecular weight excluding hydrogens is 306 g/mol. The predicted molar refractivity (Wildman–Crippen MR) is 94.7 cm³/mol. The molecule has 0 bridgehead atoms. The second-order valence-corrected chi connectivity index (χ2v) is 6.84. The molecule has 2 aromatic rings. The first-order valence-electron chi connectivity index (χ1n) is 8.13. The molecule has 0 radical (unpaired) electrons. The van der Waals surface area contributed by atoms with E-state index >= 15 is 0 Å². The fourth-order valence-corrected chi connectivity index (χ4v) is 3.52. The number of amides is 2. The molecule has 0 aliphatic carbocycles. The van der Waals surface area contributed by atoms with Crippen LogP contribution in [0.2, 0.25) is 0 Å². The number of rotatable bonds is 5. The van der Waals surface area contributed by atoms with Crippen LogP contribution in [0.25, 0.3) is 0 Å². The van der Waals surface area contributed by atoms with Gasteiger partial charge < -0.3 is 10.2 Å². The van der Waals surface area contributed by atoms with Gasteiger partial charge in [-0.1, -0.05) is 36.4 Å². The monoisotopic (exact) mass is 329 g/mol. The normalized spacial score (nSPS) is 15.6. The Kier molecular flexibility index (Phi) is 5.66. The number of nitrogens with one attached hydrogen (secondary N) is 1. The van der Waals surface area contributed by atoms with Crippen molar-refractivity contribution in [2.75, 3.05) is 32.7 Å². The van der Waals surface area contributed by atoms with Gasteiger partial charge in [0.25, 0.3) is 0 Å². The van der Waals surface area contributed by atoms with E-state index in [2.05, 4.69) is 45.9 Å². The zero-order valence-corrected chi connectivity index (χ0v) is 14.1. The van der Waals surface area contributed by atoms with Gasteiger partial charge in [0.05, 0.1) is 0 Å². The standard InChI is InChI=1S/C18H23N3OS/c22-18(19-9-8-17-7-4-14-23-17)21-12-10-20(11-13-21)15-16-5-2-1-3-6-16/h1-7,14H,8-13,15H2,(H,19,22). The summed E-state index contributed by atoms with van der Waals surface area (Å²) >= 11 is 1.74. The van der Waals surface area contributed by atoms with Crippen molar-refractivity contribution in [3.63, 3.8) is 0 Å². The zero-order chi connectivity index (χ0) is 15.9. The molecule has 1 aliphatic rings. The molecule has 4 nitrogen and oxygen atoms in total. The molecule has 1 aromatic carbocycles. The second-order valence-electron chi connectivity index (χ2n) is 5.81. The quantitative estimate of drug-likeness (QED) is 0.915. The number of carbonyl (C=O) groups excluding carboxylic acids is 1. The summed E-state index contributed by atoms with van der Waals surface area (Å²) in [6.07, 6.45) is 0.914. The highest BCUT2D eigenvalue weighted by Crippen LogP contribution is 2.10. The van der Waals surface area contributed by atoms with Crippen LogP contribution in [0.15, 0.2) is 47.8 Å². The van der Waals surface area contributed by atoms with E-state index in [-0.39, 0.29) is 6.03 Å². The summed E-state index contributed by atoms with van der Waals surface area (Å²) in [5, 5.41) is 5.10. The van der Waals surface area contributed by atoms with Gasteiger partial charge in [-0.15, -0.1) is 11.3 Å². The van der Waals surface area contributed by atoms with E-state index in [1.54, 1.807) is 11.3 Å². The number of piperazine rings is 1. The Morgan fingerprint density at radius 2 is 1.83 bits per heavy atom. The van der Waals surface area contributed by atoms with Crippen molar-refractivity contribution in [3.8, 4) is 0 Å². The molecule has 2 amide bonds. The first kappa shape index (κ1) is 16.0. The molecule has 1 saturated heterocycles. The third kappa shape index (κ3) is 4.81. The summed E-state index contributed by atoms with van der Waals surface area (Å²) < 4.78 is 0. The number of carbonyl (C=O) groups is 1. The number of thiophene rings is 1. The summed E-state index contributed by atoms with van der Waals surface area (Å²) in [5.41, 5.74) is 1.33. The van der Waals surface area contributed by atoms with Crippen LogP contribution >= 0.6 is 11.3 Å². The van der Waals surface area contributed by atoms with Crippen LogP contribution in [0.1, 0.15) is 10.4 Å². The van der Waals surface area contributed by atoms with Gasteiger partial charge >= 0.3 is 6.03 Å². The van der Waals surface area contributed by atoms with Gasteiger partial charge in [0.1, 0.15) is 0 Å². The van der Waals surface area contributed by atoms with Crippen LogP contribution in [0.4, 0.5) is 4.79 Å². The van der Waals surface area contributed by atoms with Crippen LogP contribution in [0.3, 0.4) is 0 Å². The number of urea groups is 1. The van der Waals surface area contributed by atoms with Gasteiger partial charge in [-0.05, 0) is 23.4 Å². The topological polar surface area (TPSA) is 35.6 Å². The van der Waals surface area contributed by atoms with Gasteiger partial charge in [0, 0.05) is 44.1 Å². The number of hydrogen-bond donors (Lipinski definition) is 1. The highest BCUT2D eigenvalue weighted by Gasteiger charge is 2.20. The molecule has 5 heteroatoms. The average molecular weight is 329 g/mol. The van der Waals surface area contributed by atoms with Gasteiger partial charge in [-0.2, -0.15) is 0 Å². The lowest BCUT2D eigenvalue weighted by Gasteiger charge is -2.34. The summed E-state index contributed by atoms with van der Waals surface area (Å²) in [4.78, 5) is 17.8. The Morgan fingerprint density at radius 1 is 1.04 bits per heavy atom. The average Bonchev–Trinajstić information content (AvgIpc) is 3.10. The van der Waals surface area contributed by atoms with Crippen molar-refractivity contribution < 1.29 is 4.79 Å². The molecule has 0 atom stereocenters. The van der Waals surface area contributed by atoms with E-state index in [1.807, 2.05) is 17.0 Å². The lowest BCUT2D eigenvalue weighted by atomic mass is 10.2. The maximum Gasteiger partial charge on any atom is 0.317 e. The number of hydrogen-bond acceptors (Lipinski definition) is 3. The number of nitrogens with zero attached hydrogens (tertiary/aromatic N) is 2. The van der Waals surface area contributed by atoms with Gasteiger partial charge in [0.2, 0.25) is 0 Å². The summed E-state index contributed by atoms with van der Waals surface area (Å²) in [6, 6.07) is 14.7. The third-order valence-electron chi connectivity index (χ3n) is 4.14. The molecule has 1 fully saturated rings. The molecule has 2 heterocycles. The minimum absolute atomic E-state index is 0.0703. The lowest BCUT2D eigenvalue weighted by Crippen LogP contribution is -2.51. The summed E-state index contributed by atoms with van der Waals surface area (Å²) in [6.45, 7) is 5.16. The van der Waals surface area contributed by atoms with E-state index in [0.29, 0.717) is 6.54 Å². The van der Waals surface area contributed by atoms with Crippen LogP contribution in [-0.2, 0) is 13.0 Å². The van der Waals surface area contributed by atoms with Crippen LogP contribution in [0, 0.1) is 0 Å². The van der Waals surface area contributed by atoms with Crippen molar-refractivity contribution in [1.82, 2.24) is 15.1 Å². The van der Waals surface area contributed by atoms with Crippen LogP contribution in [0.5, 0.6) is 0 Å². The summed E-state index contributed by atoms with van der Waals surface area (Å²) in [5.74, 6) is 0. The maximum atomic E-state index is 12.2. The smallest absolute Gasteiger partial charge is 0.317 e. The fourth-order valence-electron chi connectivity index (χ4n) is 2.81. The van der Waals surface area contributed by atoms with Crippen molar-refractivity contribution in [2.24, 2.45) is 0 Å². The van der Waals surface area contributed by atoms with Crippen LogP contribution < -0.4 is 5.32 Å². The predicted octanol–water partition coefficient (Wildman–Crippen LogP) is 2.82. The minimum Gasteiger partial charge on any atom is -0.338 e. The SMILES string of the molecule is O=C(NCCc1cccs1)N1CCN(Cc2ccccc2)CC1. The van der Waals surface area contributed by atoms with Gasteiger partial charge in [-0.25, -0.2) is 4.79 Å². The van der Waals surface area contributed by atoms with E-state index in [0.717, 1.165) is 39.1 Å². The second kappa shape index (κ2) is 8.13. The third-order valence-corrected chi connectivity index (χ3v) is 5.07. The Hall–Kier alpha value is -1.85. The molecule has 0 spiro atoms. The van der Waals surface area contributed by atoms with Crippen LogP contribution in [-0.4, -0.2) is 48.6 Å². The van der Waals surface area contributed by atoms with E-state index in [9.17, 15) is 4.79 Å². The maximum absolute atomic E-state index is 12.2. The molecule has 1 N–H and O–H groups in total. The van der Waals surface area contributed by atoms with Gasteiger partial charge in [0.15, 0.2) is 0 Å². The molecule has 1 aromatic heterocycles. The number of benzene rings is 1. The molecule has 0 unspecified atom stereocenters. The highest BCUT2D eigenvalue weighted by atomic mass is 32.1. The fraction of sp³-hybridized carbons (Fsp3) is 0.389. The van der Waals surface area contributed by atoms with Crippen molar-refractivity contribution in [2.45, 2.75) is 13.0 Å². The first-order chi connectivity index (χ1) is 11.3. The largest absolute Gasteiger partial charge is 0.338 e. The van der Waals surface area contributed by atoms with E-state index in [1.165, 1.54) is 10.4 Å². The summed E-state index contributed by atoms with van der Waals surface area (Å²) in [7, 11) is 0. The van der Waals surface area contributed by atoms with Gasteiger partial charge in [-0.3, -0.25) is 4.90 Å². The molecular formula is C18H23N3OS. The lowest BCUT2D eigenvalue weighted by molar-refractivity contribution is 0.135. The minimum atomic E-state index is 0.0703.